The highest BCUT2D eigenvalue weighted by atomic mass is 79.9. The van der Waals surface area contributed by atoms with Crippen molar-refractivity contribution in [1.29, 1.82) is 0 Å². The smallest absolute Gasteiger partial charge is 0.251 e. The maximum absolute atomic E-state index is 11.8. The molecule has 2 rings (SSSR count). The highest BCUT2D eigenvalue weighted by molar-refractivity contribution is 9.10. The van der Waals surface area contributed by atoms with E-state index in [2.05, 4.69) is 26.6 Å². The van der Waals surface area contributed by atoms with Crippen LogP contribution in [0.15, 0.2) is 46.9 Å². The van der Waals surface area contributed by atoms with E-state index in [9.17, 15) is 4.79 Å². The lowest BCUT2D eigenvalue weighted by atomic mass is 10.1. The van der Waals surface area contributed by atoms with Crippen LogP contribution in [-0.4, -0.2) is 12.5 Å². The minimum absolute atomic E-state index is 0.109. The molecule has 20 heavy (non-hydrogen) atoms. The van der Waals surface area contributed by atoms with Gasteiger partial charge in [0.1, 0.15) is 0 Å². The number of nitrogens with one attached hydrogen (secondary N) is 2. The van der Waals surface area contributed by atoms with Crippen molar-refractivity contribution in [3.8, 4) is 0 Å². The van der Waals surface area contributed by atoms with E-state index in [0.717, 1.165) is 10.2 Å². The summed E-state index contributed by atoms with van der Waals surface area (Å²) in [4.78, 5) is 11.8. The third kappa shape index (κ3) is 3.30. The maximum atomic E-state index is 11.8. The molecule has 0 saturated heterocycles. The predicted molar refractivity (Wildman–Crippen MR) is 86.3 cm³/mol. The van der Waals surface area contributed by atoms with Gasteiger partial charge in [0.15, 0.2) is 0 Å². The SMILES string of the molecule is CCNC(=O)c1ccc(N)c(Nc2ccccc2Br)c1. The van der Waals surface area contributed by atoms with Gasteiger partial charge in [-0.15, -0.1) is 0 Å². The molecular formula is C15H16BrN3O. The molecule has 2 aromatic carbocycles. The number of para-hydroxylation sites is 1. The Morgan fingerprint density at radius 1 is 1.20 bits per heavy atom. The first-order valence-corrected chi connectivity index (χ1v) is 7.10. The molecule has 2 aromatic rings. The van der Waals surface area contributed by atoms with Crippen molar-refractivity contribution < 1.29 is 4.79 Å². The standard InChI is InChI=1S/C15H16BrN3O/c1-2-18-15(20)10-7-8-12(17)14(9-10)19-13-6-4-3-5-11(13)16/h3-9,19H,2,17H2,1H3,(H,18,20). The molecule has 0 aliphatic rings. The van der Waals surface area contributed by atoms with E-state index >= 15 is 0 Å². The van der Waals surface area contributed by atoms with Gasteiger partial charge in [-0.05, 0) is 53.2 Å². The molecule has 5 heteroatoms. The Bertz CT molecular complexity index is 628. The summed E-state index contributed by atoms with van der Waals surface area (Å²) in [6.45, 7) is 2.48. The number of hydrogen-bond donors (Lipinski definition) is 3. The van der Waals surface area contributed by atoms with Crippen LogP contribution in [0, 0.1) is 0 Å². The van der Waals surface area contributed by atoms with Crippen molar-refractivity contribution in [2.45, 2.75) is 6.92 Å². The van der Waals surface area contributed by atoms with Crippen LogP contribution in [0.5, 0.6) is 0 Å². The molecule has 4 N–H and O–H groups in total. The summed E-state index contributed by atoms with van der Waals surface area (Å²) in [5.41, 5.74) is 8.73. The number of halogens is 1. The first kappa shape index (κ1) is 14.4. The van der Waals surface area contributed by atoms with Gasteiger partial charge in [-0.1, -0.05) is 12.1 Å². The molecule has 4 nitrogen and oxygen atoms in total. The Balaban J connectivity index is 2.30. The molecule has 0 fully saturated rings. The number of hydrogen-bond acceptors (Lipinski definition) is 3. The van der Waals surface area contributed by atoms with Gasteiger partial charge in [-0.2, -0.15) is 0 Å². The highest BCUT2D eigenvalue weighted by Crippen LogP contribution is 2.29. The average Bonchev–Trinajstić information content (AvgIpc) is 2.44. The fourth-order valence-electron chi connectivity index (χ4n) is 1.78. The van der Waals surface area contributed by atoms with Gasteiger partial charge in [0.05, 0.1) is 17.1 Å². The average molecular weight is 334 g/mol. The Kier molecular flexibility index (Phi) is 4.63. The number of carbonyl (C=O) groups is 1. The van der Waals surface area contributed by atoms with E-state index in [1.165, 1.54) is 0 Å². The number of carbonyl (C=O) groups excluding carboxylic acids is 1. The zero-order valence-electron chi connectivity index (χ0n) is 11.1. The molecule has 0 aliphatic heterocycles. The topological polar surface area (TPSA) is 67.2 Å². The molecular weight excluding hydrogens is 318 g/mol. The molecule has 104 valence electrons. The van der Waals surface area contributed by atoms with E-state index in [-0.39, 0.29) is 5.91 Å². The fourth-order valence-corrected chi connectivity index (χ4v) is 2.16. The molecule has 0 spiro atoms. The predicted octanol–water partition coefficient (Wildman–Crippen LogP) is 3.52. The van der Waals surface area contributed by atoms with Crippen molar-refractivity contribution in [3.05, 3.63) is 52.5 Å². The quantitative estimate of drug-likeness (QED) is 0.750. The number of nitrogen functional groups attached to an aromatic ring is 1. The van der Waals surface area contributed by atoms with Gasteiger partial charge < -0.3 is 16.4 Å². The molecule has 0 aliphatic carbocycles. The van der Waals surface area contributed by atoms with E-state index in [0.29, 0.717) is 23.5 Å². The van der Waals surface area contributed by atoms with E-state index in [1.807, 2.05) is 31.2 Å². The van der Waals surface area contributed by atoms with Crippen molar-refractivity contribution >= 4 is 38.9 Å². The highest BCUT2D eigenvalue weighted by Gasteiger charge is 2.08. The van der Waals surface area contributed by atoms with Crippen LogP contribution in [0.2, 0.25) is 0 Å². The molecule has 0 unspecified atom stereocenters. The Morgan fingerprint density at radius 3 is 2.65 bits per heavy atom. The number of nitrogens with two attached hydrogens (primary N) is 1. The monoisotopic (exact) mass is 333 g/mol. The molecule has 0 saturated carbocycles. The van der Waals surface area contributed by atoms with Crippen molar-refractivity contribution in [3.63, 3.8) is 0 Å². The van der Waals surface area contributed by atoms with Gasteiger partial charge in [0, 0.05) is 16.6 Å². The second-order valence-corrected chi connectivity index (χ2v) is 5.12. The second kappa shape index (κ2) is 6.43. The van der Waals surface area contributed by atoms with Gasteiger partial charge in [0.25, 0.3) is 5.91 Å². The van der Waals surface area contributed by atoms with Gasteiger partial charge in [0.2, 0.25) is 0 Å². The molecule has 0 radical (unpaired) electrons. The third-order valence-electron chi connectivity index (χ3n) is 2.80. The van der Waals surface area contributed by atoms with Gasteiger partial charge in [-0.3, -0.25) is 4.79 Å². The summed E-state index contributed by atoms with van der Waals surface area (Å²) < 4.78 is 0.933. The Hall–Kier alpha value is -2.01. The van der Waals surface area contributed by atoms with Crippen LogP contribution in [0.4, 0.5) is 17.1 Å². The second-order valence-electron chi connectivity index (χ2n) is 4.27. The lowest BCUT2D eigenvalue weighted by Gasteiger charge is -2.12. The minimum Gasteiger partial charge on any atom is -0.397 e. The fraction of sp³-hybridized carbons (Fsp3) is 0.133. The Morgan fingerprint density at radius 2 is 1.95 bits per heavy atom. The summed E-state index contributed by atoms with van der Waals surface area (Å²) >= 11 is 3.47. The third-order valence-corrected chi connectivity index (χ3v) is 3.49. The zero-order chi connectivity index (χ0) is 14.5. The van der Waals surface area contributed by atoms with E-state index in [1.54, 1.807) is 18.2 Å². The molecule has 0 bridgehead atoms. The molecule has 0 aromatic heterocycles. The number of amides is 1. The van der Waals surface area contributed by atoms with Crippen LogP contribution >= 0.6 is 15.9 Å². The van der Waals surface area contributed by atoms with Crippen LogP contribution in [0.25, 0.3) is 0 Å². The van der Waals surface area contributed by atoms with Gasteiger partial charge in [-0.25, -0.2) is 0 Å². The van der Waals surface area contributed by atoms with Gasteiger partial charge >= 0.3 is 0 Å². The van der Waals surface area contributed by atoms with Crippen LogP contribution in [0.3, 0.4) is 0 Å². The van der Waals surface area contributed by atoms with Crippen molar-refractivity contribution in [1.82, 2.24) is 5.32 Å². The zero-order valence-corrected chi connectivity index (χ0v) is 12.7. The van der Waals surface area contributed by atoms with Crippen molar-refractivity contribution in [2.24, 2.45) is 0 Å². The number of rotatable bonds is 4. The number of anilines is 3. The van der Waals surface area contributed by atoms with E-state index < -0.39 is 0 Å². The van der Waals surface area contributed by atoms with Crippen LogP contribution in [-0.2, 0) is 0 Å². The molecule has 0 heterocycles. The minimum atomic E-state index is -0.109. The normalized spacial score (nSPS) is 10.1. The number of benzene rings is 2. The maximum Gasteiger partial charge on any atom is 0.251 e. The van der Waals surface area contributed by atoms with Crippen molar-refractivity contribution in [2.75, 3.05) is 17.6 Å². The summed E-state index contributed by atoms with van der Waals surface area (Å²) in [5, 5.41) is 5.99. The van der Waals surface area contributed by atoms with Crippen LogP contribution < -0.4 is 16.4 Å². The largest absolute Gasteiger partial charge is 0.397 e. The summed E-state index contributed by atoms with van der Waals surface area (Å²) in [5.74, 6) is -0.109. The first-order valence-electron chi connectivity index (χ1n) is 6.31. The summed E-state index contributed by atoms with van der Waals surface area (Å²) in [6.07, 6.45) is 0. The summed E-state index contributed by atoms with van der Waals surface area (Å²) in [6, 6.07) is 12.9. The Labute approximate surface area is 126 Å². The first-order chi connectivity index (χ1) is 9.61. The lowest BCUT2D eigenvalue weighted by Crippen LogP contribution is -2.22. The van der Waals surface area contributed by atoms with Crippen LogP contribution in [0.1, 0.15) is 17.3 Å². The lowest BCUT2D eigenvalue weighted by molar-refractivity contribution is 0.0956. The molecule has 1 amide bonds. The molecule has 0 atom stereocenters. The van der Waals surface area contributed by atoms with E-state index in [4.69, 9.17) is 5.73 Å². The summed E-state index contributed by atoms with van der Waals surface area (Å²) in [7, 11) is 0.